The number of nitrogens with one attached hydrogen (secondary N) is 1. The first-order valence-corrected chi connectivity index (χ1v) is 6.82. The zero-order chi connectivity index (χ0) is 13.0. The van der Waals surface area contributed by atoms with E-state index < -0.39 is 0 Å². The fourth-order valence-electron chi connectivity index (χ4n) is 2.62. The van der Waals surface area contributed by atoms with Crippen molar-refractivity contribution in [3.8, 4) is 0 Å². The lowest BCUT2D eigenvalue weighted by atomic mass is 9.91. The molecule has 1 unspecified atom stereocenters. The molecule has 0 aliphatic heterocycles. The van der Waals surface area contributed by atoms with Gasteiger partial charge in [-0.2, -0.15) is 0 Å². The number of allylic oxidation sites excluding steroid dienone is 1. The summed E-state index contributed by atoms with van der Waals surface area (Å²) in [7, 11) is 1.98. The molecule has 1 aromatic rings. The van der Waals surface area contributed by atoms with Crippen molar-refractivity contribution in [2.75, 3.05) is 7.05 Å². The number of hydrogen-bond acceptors (Lipinski definition) is 1. The first-order valence-electron chi connectivity index (χ1n) is 6.82. The second-order valence-corrected chi connectivity index (χ2v) is 5.16. The standard InChI is InChI=1S/C16H22FN/c1-12-10-14(8-9-15(12)17)16(18-2)11-13-6-4-3-5-7-13/h6,8-10,16,18H,3-5,7,11H2,1-2H3. The first-order chi connectivity index (χ1) is 8.70. The van der Waals surface area contributed by atoms with Gasteiger partial charge in [-0.05, 0) is 63.3 Å². The molecular weight excluding hydrogens is 225 g/mol. The third-order valence-electron chi connectivity index (χ3n) is 3.78. The Morgan fingerprint density at radius 3 is 2.78 bits per heavy atom. The lowest BCUT2D eigenvalue weighted by molar-refractivity contribution is 0.555. The van der Waals surface area contributed by atoms with Crippen LogP contribution in [0.15, 0.2) is 29.8 Å². The molecule has 0 bridgehead atoms. The summed E-state index contributed by atoms with van der Waals surface area (Å²) in [4.78, 5) is 0. The van der Waals surface area contributed by atoms with Gasteiger partial charge in [0.05, 0.1) is 0 Å². The summed E-state index contributed by atoms with van der Waals surface area (Å²) in [5.41, 5.74) is 3.45. The summed E-state index contributed by atoms with van der Waals surface area (Å²) < 4.78 is 13.3. The highest BCUT2D eigenvalue weighted by molar-refractivity contribution is 5.27. The van der Waals surface area contributed by atoms with E-state index in [1.54, 1.807) is 11.6 Å². The molecule has 1 atom stereocenters. The first kappa shape index (κ1) is 13.3. The summed E-state index contributed by atoms with van der Waals surface area (Å²) in [5.74, 6) is -0.120. The van der Waals surface area contributed by atoms with Crippen molar-refractivity contribution in [1.29, 1.82) is 0 Å². The Balaban J connectivity index is 2.12. The van der Waals surface area contributed by atoms with Crippen LogP contribution in [0.5, 0.6) is 0 Å². The van der Waals surface area contributed by atoms with Gasteiger partial charge in [0.1, 0.15) is 5.82 Å². The fraction of sp³-hybridized carbons (Fsp3) is 0.500. The van der Waals surface area contributed by atoms with Crippen LogP contribution in [0.4, 0.5) is 4.39 Å². The topological polar surface area (TPSA) is 12.0 Å². The van der Waals surface area contributed by atoms with Gasteiger partial charge in [-0.3, -0.25) is 0 Å². The molecule has 0 fully saturated rings. The maximum atomic E-state index is 13.3. The van der Waals surface area contributed by atoms with Crippen LogP contribution in [0.2, 0.25) is 0 Å². The average molecular weight is 247 g/mol. The number of benzene rings is 1. The van der Waals surface area contributed by atoms with Gasteiger partial charge in [0.25, 0.3) is 0 Å². The van der Waals surface area contributed by atoms with Gasteiger partial charge in [0.2, 0.25) is 0 Å². The van der Waals surface area contributed by atoms with Crippen molar-refractivity contribution in [2.24, 2.45) is 0 Å². The number of halogens is 1. The van der Waals surface area contributed by atoms with Crippen molar-refractivity contribution in [1.82, 2.24) is 5.32 Å². The van der Waals surface area contributed by atoms with Gasteiger partial charge >= 0.3 is 0 Å². The molecule has 0 amide bonds. The van der Waals surface area contributed by atoms with E-state index in [4.69, 9.17) is 0 Å². The molecule has 1 N–H and O–H groups in total. The second kappa shape index (κ2) is 6.14. The van der Waals surface area contributed by atoms with Gasteiger partial charge in [0, 0.05) is 6.04 Å². The molecule has 0 saturated heterocycles. The van der Waals surface area contributed by atoms with E-state index in [1.165, 1.54) is 31.2 Å². The molecular formula is C16H22FN. The van der Waals surface area contributed by atoms with Crippen molar-refractivity contribution in [3.05, 3.63) is 46.8 Å². The van der Waals surface area contributed by atoms with Crippen LogP contribution in [0.1, 0.15) is 49.3 Å². The van der Waals surface area contributed by atoms with Gasteiger partial charge in [-0.1, -0.05) is 23.8 Å². The Morgan fingerprint density at radius 1 is 1.33 bits per heavy atom. The van der Waals surface area contributed by atoms with Gasteiger partial charge in [-0.25, -0.2) is 4.39 Å². The van der Waals surface area contributed by atoms with E-state index in [0.717, 1.165) is 12.0 Å². The van der Waals surface area contributed by atoms with Gasteiger partial charge < -0.3 is 5.32 Å². The van der Waals surface area contributed by atoms with Crippen LogP contribution in [0.25, 0.3) is 0 Å². The summed E-state index contributed by atoms with van der Waals surface area (Å²) >= 11 is 0. The summed E-state index contributed by atoms with van der Waals surface area (Å²) in [5, 5.41) is 3.35. The highest BCUT2D eigenvalue weighted by Gasteiger charge is 2.14. The fourth-order valence-corrected chi connectivity index (χ4v) is 2.62. The monoisotopic (exact) mass is 247 g/mol. The second-order valence-electron chi connectivity index (χ2n) is 5.16. The van der Waals surface area contributed by atoms with Crippen LogP contribution < -0.4 is 5.32 Å². The van der Waals surface area contributed by atoms with E-state index in [-0.39, 0.29) is 5.82 Å². The van der Waals surface area contributed by atoms with E-state index in [0.29, 0.717) is 6.04 Å². The maximum Gasteiger partial charge on any atom is 0.126 e. The largest absolute Gasteiger partial charge is 0.313 e. The Hall–Kier alpha value is -1.15. The number of aryl methyl sites for hydroxylation is 1. The zero-order valence-corrected chi connectivity index (χ0v) is 11.3. The Kier molecular flexibility index (Phi) is 4.54. The van der Waals surface area contributed by atoms with Crippen LogP contribution >= 0.6 is 0 Å². The zero-order valence-electron chi connectivity index (χ0n) is 11.3. The Bertz CT molecular complexity index is 437. The minimum atomic E-state index is -0.120. The molecule has 98 valence electrons. The van der Waals surface area contributed by atoms with Crippen molar-refractivity contribution in [2.45, 2.75) is 45.1 Å². The highest BCUT2D eigenvalue weighted by atomic mass is 19.1. The van der Waals surface area contributed by atoms with Crippen molar-refractivity contribution in [3.63, 3.8) is 0 Å². The van der Waals surface area contributed by atoms with E-state index >= 15 is 0 Å². The molecule has 1 aromatic carbocycles. The lowest BCUT2D eigenvalue weighted by Gasteiger charge is -2.21. The minimum Gasteiger partial charge on any atom is -0.313 e. The van der Waals surface area contributed by atoms with E-state index in [1.807, 2.05) is 26.1 Å². The lowest BCUT2D eigenvalue weighted by Crippen LogP contribution is -2.17. The maximum absolute atomic E-state index is 13.3. The molecule has 1 aliphatic rings. The molecule has 0 saturated carbocycles. The molecule has 2 heteroatoms. The minimum absolute atomic E-state index is 0.120. The Labute approximate surface area is 109 Å². The predicted octanol–water partition coefficient (Wildman–Crippen LogP) is 4.29. The van der Waals surface area contributed by atoms with Crippen molar-refractivity contribution >= 4 is 0 Å². The number of rotatable bonds is 4. The molecule has 18 heavy (non-hydrogen) atoms. The molecule has 1 aliphatic carbocycles. The smallest absolute Gasteiger partial charge is 0.126 e. The summed E-state index contributed by atoms with van der Waals surface area (Å²) in [6.45, 7) is 1.82. The van der Waals surface area contributed by atoms with E-state index in [2.05, 4.69) is 11.4 Å². The molecule has 2 rings (SSSR count). The SMILES string of the molecule is CNC(CC1=CCCCC1)c1ccc(F)c(C)c1. The third-order valence-corrected chi connectivity index (χ3v) is 3.78. The van der Waals surface area contributed by atoms with Gasteiger partial charge in [0.15, 0.2) is 0 Å². The van der Waals surface area contributed by atoms with Crippen LogP contribution in [0, 0.1) is 12.7 Å². The van der Waals surface area contributed by atoms with Crippen LogP contribution in [0.3, 0.4) is 0 Å². The van der Waals surface area contributed by atoms with Gasteiger partial charge in [-0.15, -0.1) is 0 Å². The molecule has 0 aromatic heterocycles. The molecule has 0 heterocycles. The normalized spacial score (nSPS) is 17.4. The van der Waals surface area contributed by atoms with E-state index in [9.17, 15) is 4.39 Å². The molecule has 1 nitrogen and oxygen atoms in total. The van der Waals surface area contributed by atoms with Crippen LogP contribution in [-0.2, 0) is 0 Å². The molecule has 0 radical (unpaired) electrons. The predicted molar refractivity (Wildman–Crippen MR) is 74.1 cm³/mol. The van der Waals surface area contributed by atoms with Crippen LogP contribution in [-0.4, -0.2) is 7.05 Å². The summed E-state index contributed by atoms with van der Waals surface area (Å²) in [6, 6.07) is 5.73. The highest BCUT2D eigenvalue weighted by Crippen LogP contribution is 2.28. The molecule has 0 spiro atoms. The number of hydrogen-bond donors (Lipinski definition) is 1. The third kappa shape index (κ3) is 3.20. The van der Waals surface area contributed by atoms with Crippen molar-refractivity contribution < 1.29 is 4.39 Å². The average Bonchev–Trinajstić information content (AvgIpc) is 2.40. The quantitative estimate of drug-likeness (QED) is 0.783. The Morgan fingerprint density at radius 2 is 2.17 bits per heavy atom. The summed E-state index contributed by atoms with van der Waals surface area (Å²) in [6.07, 6.45) is 8.49.